The Bertz CT molecular complexity index is 808. The van der Waals surface area contributed by atoms with Gasteiger partial charge in [0.15, 0.2) is 0 Å². The number of carbonyl (C=O) groups excluding carboxylic acids is 2. The first-order valence-electron chi connectivity index (χ1n) is 12.9. The minimum Gasteiger partial charge on any atom is -0.393 e. The first-order valence-corrected chi connectivity index (χ1v) is 12.9. The van der Waals surface area contributed by atoms with Gasteiger partial charge in [0.05, 0.1) is 12.1 Å². The first-order chi connectivity index (χ1) is 16.4. The van der Waals surface area contributed by atoms with Crippen molar-refractivity contribution in [1.82, 2.24) is 10.2 Å². The Labute approximate surface area is 211 Å². The van der Waals surface area contributed by atoms with Gasteiger partial charge in [0.1, 0.15) is 6.04 Å². The summed E-state index contributed by atoms with van der Waals surface area (Å²) < 4.78 is 0. The van der Waals surface area contributed by atoms with Crippen molar-refractivity contribution in [2.45, 2.75) is 78.0 Å². The van der Waals surface area contributed by atoms with Gasteiger partial charge in [-0.1, -0.05) is 39.8 Å². The Hall–Kier alpha value is -2.16. The van der Waals surface area contributed by atoms with E-state index in [9.17, 15) is 14.7 Å². The summed E-state index contributed by atoms with van der Waals surface area (Å²) in [5.74, 6) is -1.11. The van der Waals surface area contributed by atoms with Crippen LogP contribution in [-0.4, -0.2) is 73.2 Å². The van der Waals surface area contributed by atoms with Crippen LogP contribution >= 0.6 is 0 Å². The summed E-state index contributed by atoms with van der Waals surface area (Å²) in [6.07, 6.45) is 2.92. The highest BCUT2D eigenvalue weighted by Crippen LogP contribution is 2.24. The second kappa shape index (κ2) is 13.2. The number of rotatable bonds is 11. The number of aliphatic hydroxyl groups excluding tert-OH is 1. The molecule has 1 aliphatic rings. The van der Waals surface area contributed by atoms with Gasteiger partial charge in [0, 0.05) is 31.7 Å². The molecular formula is C27H47N5O3. The lowest BCUT2D eigenvalue weighted by Crippen LogP contribution is -2.53. The van der Waals surface area contributed by atoms with Gasteiger partial charge in [-0.05, 0) is 68.3 Å². The van der Waals surface area contributed by atoms with Crippen LogP contribution in [0.1, 0.15) is 58.9 Å². The topological polar surface area (TPSA) is 125 Å². The molecule has 0 aliphatic carbocycles. The van der Waals surface area contributed by atoms with Crippen molar-refractivity contribution in [3.63, 3.8) is 0 Å². The van der Waals surface area contributed by atoms with Gasteiger partial charge in [-0.2, -0.15) is 0 Å². The highest BCUT2D eigenvalue weighted by molar-refractivity contribution is 5.89. The van der Waals surface area contributed by atoms with E-state index >= 15 is 0 Å². The highest BCUT2D eigenvalue weighted by Gasteiger charge is 2.27. The smallest absolute Gasteiger partial charge is 0.240 e. The van der Waals surface area contributed by atoms with E-state index in [4.69, 9.17) is 11.5 Å². The minimum absolute atomic E-state index is 0.0405. The quantitative estimate of drug-likeness (QED) is 0.376. The molecule has 0 radical (unpaired) electrons. The highest BCUT2D eigenvalue weighted by atomic mass is 16.3. The zero-order valence-electron chi connectivity index (χ0n) is 22.3. The molecular weight excluding hydrogens is 442 g/mol. The van der Waals surface area contributed by atoms with Gasteiger partial charge in [-0.15, -0.1) is 0 Å². The first kappa shape index (κ1) is 29.1. The Morgan fingerprint density at radius 3 is 2.34 bits per heavy atom. The summed E-state index contributed by atoms with van der Waals surface area (Å²) in [6, 6.07) is 6.51. The van der Waals surface area contributed by atoms with Gasteiger partial charge in [-0.3, -0.25) is 9.59 Å². The van der Waals surface area contributed by atoms with Crippen LogP contribution in [0.25, 0.3) is 0 Å². The molecule has 4 atom stereocenters. The summed E-state index contributed by atoms with van der Waals surface area (Å²) in [5, 5.41) is 13.0. The fourth-order valence-corrected chi connectivity index (χ4v) is 4.58. The zero-order valence-corrected chi connectivity index (χ0v) is 22.3. The number of nitrogens with two attached hydrogens (primary N) is 2. The number of aliphatic hydroxyl groups is 1. The second-order valence-electron chi connectivity index (χ2n) is 11.5. The number of amides is 2. The number of likely N-dealkylation sites (N-methyl/N-ethyl adjacent to an activating group) is 1. The van der Waals surface area contributed by atoms with Gasteiger partial charge in [0.2, 0.25) is 11.8 Å². The molecule has 8 nitrogen and oxygen atoms in total. The number of primary amides is 1. The largest absolute Gasteiger partial charge is 0.393 e. The second-order valence-corrected chi connectivity index (χ2v) is 11.5. The fourth-order valence-electron chi connectivity index (χ4n) is 4.58. The monoisotopic (exact) mass is 489 g/mol. The molecule has 0 saturated carbocycles. The van der Waals surface area contributed by atoms with Gasteiger partial charge < -0.3 is 31.7 Å². The summed E-state index contributed by atoms with van der Waals surface area (Å²) >= 11 is 0. The normalized spacial score (nSPS) is 18.9. The molecule has 2 unspecified atom stereocenters. The number of hydrogen-bond donors (Lipinski definition) is 4. The zero-order chi connectivity index (χ0) is 26.2. The molecule has 1 heterocycles. The number of anilines is 1. The van der Waals surface area contributed by atoms with Crippen LogP contribution in [0.3, 0.4) is 0 Å². The average Bonchev–Trinajstić information content (AvgIpc) is 3.00. The molecule has 1 aliphatic heterocycles. The lowest BCUT2D eigenvalue weighted by molar-refractivity contribution is -0.128. The van der Waals surface area contributed by atoms with Crippen LogP contribution in [0.15, 0.2) is 24.3 Å². The van der Waals surface area contributed by atoms with Crippen molar-refractivity contribution in [3.8, 4) is 0 Å². The van der Waals surface area contributed by atoms with Crippen molar-refractivity contribution < 1.29 is 14.7 Å². The molecule has 198 valence electrons. The van der Waals surface area contributed by atoms with E-state index in [1.807, 2.05) is 19.1 Å². The Kier molecular flexibility index (Phi) is 11.0. The van der Waals surface area contributed by atoms with E-state index in [0.717, 1.165) is 43.9 Å². The Morgan fingerprint density at radius 2 is 1.74 bits per heavy atom. The molecule has 1 aromatic rings. The molecule has 0 bridgehead atoms. The van der Waals surface area contributed by atoms with Crippen LogP contribution < -0.4 is 21.7 Å². The maximum atomic E-state index is 12.8. The number of nitrogens with one attached hydrogen (secondary N) is 1. The summed E-state index contributed by atoms with van der Waals surface area (Å²) in [4.78, 5) is 29.6. The SMILES string of the molecule is C[C@H](CCC(O)CC(C)(C)C)[C@H](N)C(=O)NC(Cc1ccc(N2CCCN(C)CC2)cc1)C(N)=O. The van der Waals surface area contributed by atoms with Crippen LogP contribution in [0, 0.1) is 11.3 Å². The maximum absolute atomic E-state index is 12.8. The lowest BCUT2D eigenvalue weighted by atomic mass is 9.86. The van der Waals surface area contributed by atoms with Crippen molar-refractivity contribution in [3.05, 3.63) is 29.8 Å². The van der Waals surface area contributed by atoms with E-state index < -0.39 is 30.0 Å². The minimum atomic E-state index is -0.829. The average molecular weight is 490 g/mol. The molecule has 35 heavy (non-hydrogen) atoms. The van der Waals surface area contributed by atoms with Crippen LogP contribution in [0.2, 0.25) is 0 Å². The van der Waals surface area contributed by atoms with Gasteiger partial charge in [-0.25, -0.2) is 0 Å². The summed E-state index contributed by atoms with van der Waals surface area (Å²) in [5.41, 5.74) is 13.9. The fraction of sp³-hybridized carbons (Fsp3) is 0.704. The van der Waals surface area contributed by atoms with Crippen LogP contribution in [0.4, 0.5) is 5.69 Å². The molecule has 2 rings (SSSR count). The molecule has 0 spiro atoms. The number of hydrogen-bond acceptors (Lipinski definition) is 6. The molecule has 8 heteroatoms. The number of benzene rings is 1. The molecule has 0 aromatic heterocycles. The third-order valence-corrected chi connectivity index (χ3v) is 6.84. The van der Waals surface area contributed by atoms with Crippen LogP contribution in [-0.2, 0) is 16.0 Å². The van der Waals surface area contributed by atoms with Crippen molar-refractivity contribution >= 4 is 17.5 Å². The van der Waals surface area contributed by atoms with Gasteiger partial charge >= 0.3 is 0 Å². The molecule has 1 aromatic carbocycles. The third kappa shape index (κ3) is 10.2. The molecule has 6 N–H and O–H groups in total. The summed E-state index contributed by atoms with van der Waals surface area (Å²) in [6.45, 7) is 12.3. The van der Waals surface area contributed by atoms with Crippen molar-refractivity contribution in [2.75, 3.05) is 38.1 Å². The van der Waals surface area contributed by atoms with E-state index in [0.29, 0.717) is 25.7 Å². The van der Waals surface area contributed by atoms with Crippen molar-refractivity contribution in [2.24, 2.45) is 22.8 Å². The van der Waals surface area contributed by atoms with Gasteiger partial charge in [0.25, 0.3) is 0 Å². The Morgan fingerprint density at radius 1 is 1.09 bits per heavy atom. The predicted molar refractivity (Wildman–Crippen MR) is 142 cm³/mol. The number of carbonyl (C=O) groups is 2. The molecule has 1 saturated heterocycles. The molecule has 1 fully saturated rings. The third-order valence-electron chi connectivity index (χ3n) is 6.84. The molecule has 2 amide bonds. The standard InChI is InChI=1S/C27H47N5O3/c1-19(7-12-22(33)18-27(2,3)4)24(28)26(35)30-23(25(29)34)17-20-8-10-21(11-9-20)32-14-6-13-31(5)15-16-32/h8-11,19,22-24,33H,6-7,12-18,28H2,1-5H3,(H2,29,34)(H,30,35)/t19-,22?,23?,24+/m1/s1. The van der Waals surface area contributed by atoms with E-state index in [-0.39, 0.29) is 11.3 Å². The predicted octanol–water partition coefficient (Wildman–Crippen LogP) is 1.88. The maximum Gasteiger partial charge on any atom is 0.240 e. The Balaban J connectivity index is 1.90. The van der Waals surface area contributed by atoms with E-state index in [1.165, 1.54) is 0 Å². The number of nitrogens with zero attached hydrogens (tertiary/aromatic N) is 2. The lowest BCUT2D eigenvalue weighted by Gasteiger charge is -2.26. The van der Waals surface area contributed by atoms with Crippen molar-refractivity contribution in [1.29, 1.82) is 0 Å². The van der Waals surface area contributed by atoms with E-state index in [1.54, 1.807) is 0 Å². The van der Waals surface area contributed by atoms with Crippen LogP contribution in [0.5, 0.6) is 0 Å². The summed E-state index contributed by atoms with van der Waals surface area (Å²) in [7, 11) is 2.15. The van der Waals surface area contributed by atoms with E-state index in [2.05, 4.69) is 55.1 Å².